The quantitative estimate of drug-likeness (QED) is 0.443. The van der Waals surface area contributed by atoms with Gasteiger partial charge >= 0.3 is 6.18 Å². The number of hydrogen-bond acceptors (Lipinski definition) is 3. The van der Waals surface area contributed by atoms with Crippen molar-refractivity contribution in [1.29, 1.82) is 0 Å². The van der Waals surface area contributed by atoms with Crippen molar-refractivity contribution in [3.05, 3.63) is 70.3 Å². The molecule has 0 radical (unpaired) electrons. The zero-order valence-corrected chi connectivity index (χ0v) is 21.5. The number of carbonyl (C=O) groups is 1. The highest BCUT2D eigenvalue weighted by Crippen LogP contribution is 2.63. The predicted molar refractivity (Wildman–Crippen MR) is 133 cm³/mol. The molecule has 2 aromatic carbocycles. The normalized spacial score (nSPS) is 33.1. The molecular formula is C30H31F5N2O2. The minimum Gasteiger partial charge on any atom is -0.363 e. The average molecular weight is 547 g/mol. The maximum absolute atomic E-state index is 14.7. The molecule has 4 heterocycles. The van der Waals surface area contributed by atoms with E-state index in [9.17, 15) is 26.7 Å². The Morgan fingerprint density at radius 1 is 0.974 bits per heavy atom. The zero-order chi connectivity index (χ0) is 27.1. The van der Waals surface area contributed by atoms with Crippen LogP contribution in [0.1, 0.15) is 66.3 Å². The molecule has 2 aromatic rings. The van der Waals surface area contributed by atoms with Crippen LogP contribution in [0.15, 0.2) is 36.4 Å². The Hall–Kier alpha value is -2.52. The molecule has 4 nitrogen and oxygen atoms in total. The van der Waals surface area contributed by atoms with Gasteiger partial charge in [-0.1, -0.05) is 12.1 Å². The van der Waals surface area contributed by atoms with Crippen LogP contribution in [0, 0.1) is 23.5 Å². The summed E-state index contributed by atoms with van der Waals surface area (Å²) in [4.78, 5) is 18.0. The number of nitrogens with zero attached hydrogens (tertiary/aromatic N) is 2. The van der Waals surface area contributed by atoms with Gasteiger partial charge in [0, 0.05) is 18.5 Å². The summed E-state index contributed by atoms with van der Waals surface area (Å²) in [5.41, 5.74) is -0.107. The molecule has 0 bridgehead atoms. The third kappa shape index (κ3) is 4.10. The number of carbonyl (C=O) groups excluding carboxylic acids is 1. The highest BCUT2D eigenvalue weighted by atomic mass is 19.4. The van der Waals surface area contributed by atoms with Gasteiger partial charge in [0.1, 0.15) is 17.2 Å². The average Bonchev–Trinajstić information content (AvgIpc) is 3.73. The molecule has 1 saturated carbocycles. The van der Waals surface area contributed by atoms with Gasteiger partial charge in [-0.2, -0.15) is 13.2 Å². The summed E-state index contributed by atoms with van der Waals surface area (Å²) in [6, 6.07) is 8.11. The van der Waals surface area contributed by atoms with E-state index in [2.05, 4.69) is 4.90 Å². The van der Waals surface area contributed by atoms with E-state index in [1.807, 2.05) is 12.1 Å². The molecule has 7 rings (SSSR count). The van der Waals surface area contributed by atoms with Crippen LogP contribution >= 0.6 is 0 Å². The van der Waals surface area contributed by atoms with Crippen LogP contribution < -0.4 is 0 Å². The van der Waals surface area contributed by atoms with Crippen molar-refractivity contribution in [2.75, 3.05) is 26.2 Å². The number of likely N-dealkylation sites (tertiary alicyclic amines) is 1. The number of halogens is 5. The van der Waals surface area contributed by atoms with Crippen LogP contribution in [0.2, 0.25) is 0 Å². The standard InChI is InChI=1S/C30H31F5N2O2/c31-20-3-1-17(2-4-20)18-6-10-36(11-7-18)21-5-9-29(39-16-21)25-15-24(25)27-23-13-19(30(33,34)35)14-26(32)22(23)8-12-37(27)28(29)38/h1-4,13-14,18,21,24-25,27H,5-12,15-16H2/t21-,24?,25?,27?,29+/m1/s1. The highest BCUT2D eigenvalue weighted by molar-refractivity contribution is 5.88. The zero-order valence-electron chi connectivity index (χ0n) is 21.5. The van der Waals surface area contributed by atoms with Crippen LogP contribution in [0.4, 0.5) is 22.0 Å². The van der Waals surface area contributed by atoms with E-state index in [4.69, 9.17) is 4.74 Å². The van der Waals surface area contributed by atoms with Gasteiger partial charge in [0.05, 0.1) is 18.2 Å². The smallest absolute Gasteiger partial charge is 0.363 e. The monoisotopic (exact) mass is 546 g/mol. The van der Waals surface area contributed by atoms with Gasteiger partial charge in [-0.05, 0) is 104 Å². The van der Waals surface area contributed by atoms with Crippen LogP contribution in [-0.4, -0.2) is 53.6 Å². The van der Waals surface area contributed by atoms with E-state index in [1.54, 1.807) is 4.90 Å². The van der Waals surface area contributed by atoms with Gasteiger partial charge in [-0.3, -0.25) is 9.69 Å². The minimum atomic E-state index is -4.64. The first kappa shape index (κ1) is 25.4. The van der Waals surface area contributed by atoms with E-state index in [1.165, 1.54) is 17.7 Å². The fourth-order valence-corrected chi connectivity index (χ4v) is 7.94. The molecule has 1 aliphatic carbocycles. The Kier molecular flexibility index (Phi) is 5.87. The number of benzene rings is 2. The number of amides is 1. The molecule has 1 spiro atoms. The summed E-state index contributed by atoms with van der Waals surface area (Å²) in [6.07, 6.45) is -0.320. The van der Waals surface area contributed by atoms with Gasteiger partial charge in [0.25, 0.3) is 5.91 Å². The first-order valence-electron chi connectivity index (χ1n) is 14.0. The second-order valence-corrected chi connectivity index (χ2v) is 12.0. The van der Waals surface area contributed by atoms with Gasteiger partial charge in [-0.15, -0.1) is 0 Å². The van der Waals surface area contributed by atoms with Crippen LogP contribution in [0.5, 0.6) is 0 Å². The van der Waals surface area contributed by atoms with E-state index in [0.717, 1.165) is 38.4 Å². The molecule has 0 N–H and O–H groups in total. The van der Waals surface area contributed by atoms with Gasteiger partial charge in [0.2, 0.25) is 0 Å². The van der Waals surface area contributed by atoms with Gasteiger partial charge in [-0.25, -0.2) is 8.78 Å². The molecule has 5 aliphatic rings. The van der Waals surface area contributed by atoms with Crippen LogP contribution in [0.3, 0.4) is 0 Å². The Balaban J connectivity index is 1.04. The van der Waals surface area contributed by atoms with Crippen molar-refractivity contribution in [2.24, 2.45) is 11.8 Å². The summed E-state index contributed by atoms with van der Waals surface area (Å²) < 4.78 is 74.9. The lowest BCUT2D eigenvalue weighted by Crippen LogP contribution is -2.62. The maximum Gasteiger partial charge on any atom is 0.416 e. The summed E-state index contributed by atoms with van der Waals surface area (Å²) in [5.74, 6) is -0.829. The maximum atomic E-state index is 14.7. The van der Waals surface area contributed by atoms with E-state index in [-0.39, 0.29) is 36.0 Å². The van der Waals surface area contributed by atoms with Crippen LogP contribution in [-0.2, 0) is 22.1 Å². The fourth-order valence-electron chi connectivity index (χ4n) is 7.94. The van der Waals surface area contributed by atoms with Crippen molar-refractivity contribution >= 4 is 5.91 Å². The van der Waals surface area contributed by atoms with E-state index < -0.39 is 29.2 Å². The third-order valence-electron chi connectivity index (χ3n) is 10.1. The van der Waals surface area contributed by atoms with Crippen molar-refractivity contribution in [3.63, 3.8) is 0 Å². The largest absolute Gasteiger partial charge is 0.416 e. The first-order chi connectivity index (χ1) is 18.7. The lowest BCUT2D eigenvalue weighted by atomic mass is 9.76. The Morgan fingerprint density at radius 2 is 1.72 bits per heavy atom. The summed E-state index contributed by atoms with van der Waals surface area (Å²) >= 11 is 0. The molecule has 3 saturated heterocycles. The number of rotatable bonds is 2. The fraction of sp³-hybridized carbons (Fsp3) is 0.567. The van der Waals surface area contributed by atoms with Crippen molar-refractivity contribution in [3.8, 4) is 0 Å². The number of alkyl halides is 3. The second kappa shape index (κ2) is 8.99. The number of piperidine rings is 2. The molecule has 3 unspecified atom stereocenters. The lowest BCUT2D eigenvalue weighted by molar-refractivity contribution is -0.187. The topological polar surface area (TPSA) is 32.8 Å². The number of ether oxygens (including phenoxy) is 1. The molecule has 0 aromatic heterocycles. The number of fused-ring (bicyclic) bond motifs is 6. The molecule has 4 aliphatic heterocycles. The SMILES string of the molecule is O=C1N2CCc3c(F)cc(C(F)(F)F)cc3C2C2CC2[C@@]12CC[C@@H](N1CCC(c3ccc(F)cc3)CC1)CO2. The number of hydrogen-bond donors (Lipinski definition) is 0. The molecular weight excluding hydrogens is 515 g/mol. The highest BCUT2D eigenvalue weighted by Gasteiger charge is 2.68. The van der Waals surface area contributed by atoms with Crippen molar-refractivity contribution < 1.29 is 31.5 Å². The molecule has 4 fully saturated rings. The van der Waals surface area contributed by atoms with Crippen molar-refractivity contribution in [2.45, 2.75) is 68.3 Å². The van der Waals surface area contributed by atoms with Crippen molar-refractivity contribution in [1.82, 2.24) is 9.80 Å². The molecule has 1 amide bonds. The summed E-state index contributed by atoms with van der Waals surface area (Å²) in [6.45, 7) is 2.59. The van der Waals surface area contributed by atoms with Crippen LogP contribution in [0.25, 0.3) is 0 Å². The van der Waals surface area contributed by atoms with Gasteiger partial charge < -0.3 is 9.64 Å². The Bertz CT molecular complexity index is 1280. The Labute approximate surface area is 224 Å². The van der Waals surface area contributed by atoms with Gasteiger partial charge in [0.15, 0.2) is 0 Å². The molecule has 9 heteroatoms. The predicted octanol–water partition coefficient (Wildman–Crippen LogP) is 5.86. The third-order valence-corrected chi connectivity index (χ3v) is 10.1. The molecule has 208 valence electrons. The summed E-state index contributed by atoms with van der Waals surface area (Å²) in [5, 5.41) is 0. The van der Waals surface area contributed by atoms with E-state index >= 15 is 0 Å². The van der Waals surface area contributed by atoms with E-state index in [0.29, 0.717) is 49.1 Å². The minimum absolute atomic E-state index is 0.00682. The Morgan fingerprint density at radius 3 is 2.38 bits per heavy atom. The summed E-state index contributed by atoms with van der Waals surface area (Å²) in [7, 11) is 0. The second-order valence-electron chi connectivity index (χ2n) is 12.0. The first-order valence-corrected chi connectivity index (χ1v) is 14.0. The lowest BCUT2D eigenvalue weighted by Gasteiger charge is -2.51. The molecule has 39 heavy (non-hydrogen) atoms. The molecule has 5 atom stereocenters.